The molecule has 0 aromatic heterocycles. The van der Waals surface area contributed by atoms with Gasteiger partial charge in [-0.05, 0) is 23.8 Å². The van der Waals surface area contributed by atoms with E-state index in [0.717, 1.165) is 6.54 Å². The van der Waals surface area contributed by atoms with E-state index in [1.165, 1.54) is 12.5 Å². The van der Waals surface area contributed by atoms with Crippen LogP contribution in [0.3, 0.4) is 0 Å². The number of nitrogens with one attached hydrogen (secondary N) is 2. The third kappa shape index (κ3) is 5.79. The zero-order valence-electron chi connectivity index (χ0n) is 15.2. The molecule has 2 amide bonds. The highest BCUT2D eigenvalue weighted by molar-refractivity contribution is 5.94. The molecule has 1 fully saturated rings. The largest absolute Gasteiger partial charge is 0.326 e. The van der Waals surface area contributed by atoms with Crippen LogP contribution >= 0.6 is 12.4 Å². The molecule has 0 unspecified atom stereocenters. The monoisotopic (exact) mass is 388 g/mol. The fraction of sp³-hybridized carbons (Fsp3) is 0.300. The van der Waals surface area contributed by atoms with Crippen LogP contribution in [0, 0.1) is 0 Å². The Hall–Kier alpha value is -2.41. The van der Waals surface area contributed by atoms with Crippen molar-refractivity contribution in [3.8, 4) is 0 Å². The Morgan fingerprint density at radius 1 is 1.04 bits per heavy atom. The van der Waals surface area contributed by atoms with Gasteiger partial charge in [-0.25, -0.2) is 0 Å². The molecule has 6 nitrogen and oxygen atoms in total. The summed E-state index contributed by atoms with van der Waals surface area (Å²) in [6, 6.07) is 17.3. The SMILES string of the molecule is CC(=O)Nc1cccc(NC(=O)CN2C[C@@H](N)[C@H](c3ccccc3)C2)c1.Cl. The first-order valence-corrected chi connectivity index (χ1v) is 8.71. The Kier molecular flexibility index (Phi) is 7.36. The highest BCUT2D eigenvalue weighted by Gasteiger charge is 2.31. The predicted octanol–water partition coefficient (Wildman–Crippen LogP) is 2.43. The maximum absolute atomic E-state index is 12.4. The highest BCUT2D eigenvalue weighted by Crippen LogP contribution is 2.26. The van der Waals surface area contributed by atoms with E-state index < -0.39 is 0 Å². The van der Waals surface area contributed by atoms with Crippen LogP contribution in [0.15, 0.2) is 54.6 Å². The van der Waals surface area contributed by atoms with Crippen molar-refractivity contribution in [2.24, 2.45) is 5.73 Å². The van der Waals surface area contributed by atoms with Gasteiger partial charge in [0.05, 0.1) is 6.54 Å². The molecule has 1 aliphatic heterocycles. The van der Waals surface area contributed by atoms with Gasteiger partial charge in [-0.15, -0.1) is 12.4 Å². The normalized spacial score (nSPS) is 19.2. The summed E-state index contributed by atoms with van der Waals surface area (Å²) in [7, 11) is 0. The molecule has 1 aliphatic rings. The molecule has 4 N–H and O–H groups in total. The van der Waals surface area contributed by atoms with E-state index in [4.69, 9.17) is 5.73 Å². The average Bonchev–Trinajstić information content (AvgIpc) is 2.95. The van der Waals surface area contributed by atoms with Gasteiger partial charge in [0.1, 0.15) is 0 Å². The van der Waals surface area contributed by atoms with Crippen LogP contribution in [0.5, 0.6) is 0 Å². The summed E-state index contributed by atoms with van der Waals surface area (Å²) in [6.45, 7) is 3.20. The summed E-state index contributed by atoms with van der Waals surface area (Å²) in [5.41, 5.74) is 8.81. The Morgan fingerprint density at radius 2 is 1.70 bits per heavy atom. The van der Waals surface area contributed by atoms with Crippen molar-refractivity contribution in [1.82, 2.24) is 4.90 Å². The van der Waals surface area contributed by atoms with E-state index in [2.05, 4.69) is 27.7 Å². The molecule has 2 aromatic carbocycles. The first-order valence-electron chi connectivity index (χ1n) is 8.71. The zero-order valence-corrected chi connectivity index (χ0v) is 16.0. The van der Waals surface area contributed by atoms with Crippen LogP contribution < -0.4 is 16.4 Å². The van der Waals surface area contributed by atoms with E-state index in [9.17, 15) is 9.59 Å². The number of likely N-dealkylation sites (tertiary alicyclic amines) is 1. The van der Waals surface area contributed by atoms with E-state index in [1.54, 1.807) is 24.3 Å². The molecule has 144 valence electrons. The predicted molar refractivity (Wildman–Crippen MR) is 110 cm³/mol. The van der Waals surface area contributed by atoms with Gasteiger partial charge in [-0.1, -0.05) is 36.4 Å². The summed E-state index contributed by atoms with van der Waals surface area (Å²) >= 11 is 0. The number of nitrogens with two attached hydrogens (primary N) is 1. The minimum absolute atomic E-state index is 0. The molecule has 1 heterocycles. The number of hydrogen-bond acceptors (Lipinski definition) is 4. The second kappa shape index (κ2) is 9.50. The minimum atomic E-state index is -0.147. The maximum atomic E-state index is 12.4. The fourth-order valence-electron chi connectivity index (χ4n) is 3.38. The smallest absolute Gasteiger partial charge is 0.238 e. The Labute approximate surface area is 165 Å². The lowest BCUT2D eigenvalue weighted by atomic mass is 9.95. The van der Waals surface area contributed by atoms with Gasteiger partial charge in [0.15, 0.2) is 0 Å². The van der Waals surface area contributed by atoms with Crippen molar-refractivity contribution in [2.75, 3.05) is 30.3 Å². The number of halogens is 1. The number of carbonyl (C=O) groups is 2. The molecular formula is C20H25ClN4O2. The van der Waals surface area contributed by atoms with Gasteiger partial charge < -0.3 is 16.4 Å². The summed E-state index contributed by atoms with van der Waals surface area (Å²) in [6.07, 6.45) is 0. The second-order valence-corrected chi connectivity index (χ2v) is 6.69. The molecule has 1 saturated heterocycles. The van der Waals surface area contributed by atoms with Crippen LogP contribution in [0.4, 0.5) is 11.4 Å². The molecule has 0 radical (unpaired) electrons. The zero-order chi connectivity index (χ0) is 18.5. The number of nitrogens with zero attached hydrogens (tertiary/aromatic N) is 1. The molecule has 2 aromatic rings. The van der Waals surface area contributed by atoms with Crippen molar-refractivity contribution in [1.29, 1.82) is 0 Å². The van der Waals surface area contributed by atoms with Gasteiger partial charge in [0.25, 0.3) is 0 Å². The van der Waals surface area contributed by atoms with Crippen molar-refractivity contribution in [3.63, 3.8) is 0 Å². The number of benzene rings is 2. The van der Waals surface area contributed by atoms with Crippen molar-refractivity contribution in [3.05, 3.63) is 60.2 Å². The summed E-state index contributed by atoms with van der Waals surface area (Å²) in [5, 5.41) is 5.58. The topological polar surface area (TPSA) is 87.5 Å². The highest BCUT2D eigenvalue weighted by atomic mass is 35.5. The Bertz CT molecular complexity index is 785. The molecule has 0 aliphatic carbocycles. The Balaban J connectivity index is 0.00000261. The van der Waals surface area contributed by atoms with Gasteiger partial charge in [0, 0.05) is 43.3 Å². The van der Waals surface area contributed by atoms with Crippen molar-refractivity contribution >= 4 is 35.6 Å². The van der Waals surface area contributed by atoms with E-state index in [0.29, 0.717) is 24.5 Å². The molecule has 7 heteroatoms. The van der Waals surface area contributed by atoms with Gasteiger partial charge in [0.2, 0.25) is 11.8 Å². The Morgan fingerprint density at radius 3 is 2.37 bits per heavy atom. The minimum Gasteiger partial charge on any atom is -0.326 e. The number of amides is 2. The van der Waals surface area contributed by atoms with E-state index in [1.807, 2.05) is 18.2 Å². The van der Waals surface area contributed by atoms with Crippen molar-refractivity contribution in [2.45, 2.75) is 18.9 Å². The van der Waals surface area contributed by atoms with Gasteiger partial charge in [-0.3, -0.25) is 14.5 Å². The van der Waals surface area contributed by atoms with Crippen LogP contribution in [0.1, 0.15) is 18.4 Å². The lowest BCUT2D eigenvalue weighted by Gasteiger charge is -2.16. The lowest BCUT2D eigenvalue weighted by molar-refractivity contribution is -0.117. The lowest BCUT2D eigenvalue weighted by Crippen LogP contribution is -2.33. The number of anilines is 2. The molecule has 0 bridgehead atoms. The summed E-state index contributed by atoms with van der Waals surface area (Å²) in [4.78, 5) is 25.6. The third-order valence-electron chi connectivity index (χ3n) is 4.50. The number of hydrogen-bond donors (Lipinski definition) is 3. The first-order chi connectivity index (χ1) is 12.5. The van der Waals surface area contributed by atoms with E-state index >= 15 is 0 Å². The van der Waals surface area contributed by atoms with Gasteiger partial charge in [-0.2, -0.15) is 0 Å². The molecule has 3 rings (SSSR count). The van der Waals surface area contributed by atoms with Crippen LogP contribution in [0.25, 0.3) is 0 Å². The fourth-order valence-corrected chi connectivity index (χ4v) is 3.38. The maximum Gasteiger partial charge on any atom is 0.238 e. The van der Waals surface area contributed by atoms with Crippen LogP contribution in [0.2, 0.25) is 0 Å². The molecule has 2 atom stereocenters. The van der Waals surface area contributed by atoms with Crippen LogP contribution in [-0.2, 0) is 9.59 Å². The second-order valence-electron chi connectivity index (χ2n) is 6.69. The molecule has 27 heavy (non-hydrogen) atoms. The standard InChI is InChI=1S/C20H24N4O2.ClH/c1-14(25)22-16-8-5-9-17(10-16)23-20(26)13-24-11-18(19(21)12-24)15-6-3-2-4-7-15;/h2-10,18-19H,11-13,21H2,1H3,(H,22,25)(H,23,26);1H/t18-,19+;/m0./s1. The average molecular weight is 389 g/mol. The summed E-state index contributed by atoms with van der Waals surface area (Å²) in [5.74, 6) is 0.00414. The quantitative estimate of drug-likeness (QED) is 0.734. The van der Waals surface area contributed by atoms with Crippen LogP contribution in [-0.4, -0.2) is 42.4 Å². The molecule has 0 spiro atoms. The van der Waals surface area contributed by atoms with Crippen molar-refractivity contribution < 1.29 is 9.59 Å². The molecular weight excluding hydrogens is 364 g/mol. The first kappa shape index (κ1) is 20.9. The molecule has 0 saturated carbocycles. The summed E-state index contributed by atoms with van der Waals surface area (Å²) < 4.78 is 0. The third-order valence-corrected chi connectivity index (χ3v) is 4.50. The van der Waals surface area contributed by atoms with Gasteiger partial charge >= 0.3 is 0 Å². The number of rotatable bonds is 5. The number of carbonyl (C=O) groups excluding carboxylic acids is 2. The van der Waals surface area contributed by atoms with E-state index in [-0.39, 0.29) is 36.2 Å².